The largest absolute Gasteiger partial charge is 0.345 e. The molecule has 1 aliphatic rings. The summed E-state index contributed by atoms with van der Waals surface area (Å²) in [6.45, 7) is 0. The van der Waals surface area contributed by atoms with Crippen LogP contribution < -0.4 is 10.2 Å². The molecule has 1 aromatic rings. The van der Waals surface area contributed by atoms with E-state index in [1.807, 2.05) is 18.2 Å². The summed E-state index contributed by atoms with van der Waals surface area (Å²) >= 11 is 0. The number of benzene rings is 1. The molecule has 1 aromatic carbocycles. The van der Waals surface area contributed by atoms with E-state index in [-0.39, 0.29) is 6.04 Å². The highest BCUT2D eigenvalue weighted by Crippen LogP contribution is 2.18. The summed E-state index contributed by atoms with van der Waals surface area (Å²) in [4.78, 5) is 25.1. The van der Waals surface area contributed by atoms with Crippen molar-refractivity contribution in [2.45, 2.75) is 31.7 Å². The van der Waals surface area contributed by atoms with Crippen molar-refractivity contribution < 1.29 is 9.59 Å². The maximum Gasteiger partial charge on any atom is 0.316 e. The predicted molar refractivity (Wildman–Crippen MR) is 70.3 cm³/mol. The molecule has 0 atom stereocenters. The van der Waals surface area contributed by atoms with Gasteiger partial charge in [0.05, 0.1) is 0 Å². The number of hydrogen-bond acceptors (Lipinski definition) is 2. The molecule has 1 fully saturated rings. The summed E-state index contributed by atoms with van der Waals surface area (Å²) in [5.41, 5.74) is 0.726. The van der Waals surface area contributed by atoms with Gasteiger partial charge in [-0.2, -0.15) is 0 Å². The fraction of sp³-hybridized carbons (Fsp3) is 0.429. The summed E-state index contributed by atoms with van der Waals surface area (Å²) in [5, 5.41) is 2.80. The maximum atomic E-state index is 11.9. The first-order chi connectivity index (χ1) is 8.68. The molecule has 0 aliphatic heterocycles. The fourth-order valence-corrected chi connectivity index (χ4v) is 2.24. The quantitative estimate of drug-likeness (QED) is 0.808. The number of carbonyl (C=O) groups is 2. The molecule has 0 radical (unpaired) electrons. The lowest BCUT2D eigenvalue weighted by Crippen LogP contribution is -2.44. The SMILES string of the molecule is CN(C(=O)C(=O)NC1CCCC1)c1ccccc1. The molecule has 0 bridgehead atoms. The van der Waals surface area contributed by atoms with Gasteiger partial charge < -0.3 is 10.2 Å². The number of anilines is 1. The maximum absolute atomic E-state index is 11.9. The Labute approximate surface area is 107 Å². The Hall–Kier alpha value is -1.84. The average molecular weight is 246 g/mol. The molecule has 1 aliphatic carbocycles. The van der Waals surface area contributed by atoms with Crippen molar-refractivity contribution >= 4 is 17.5 Å². The zero-order chi connectivity index (χ0) is 13.0. The van der Waals surface area contributed by atoms with Gasteiger partial charge in [0.1, 0.15) is 0 Å². The van der Waals surface area contributed by atoms with Gasteiger partial charge in [-0.25, -0.2) is 0 Å². The number of hydrogen-bond donors (Lipinski definition) is 1. The first-order valence-electron chi connectivity index (χ1n) is 6.32. The smallest absolute Gasteiger partial charge is 0.316 e. The van der Waals surface area contributed by atoms with E-state index in [1.165, 1.54) is 4.90 Å². The summed E-state index contributed by atoms with van der Waals surface area (Å²) in [7, 11) is 1.62. The van der Waals surface area contributed by atoms with Crippen molar-refractivity contribution in [2.24, 2.45) is 0 Å². The van der Waals surface area contributed by atoms with E-state index in [4.69, 9.17) is 0 Å². The third-order valence-corrected chi connectivity index (χ3v) is 3.33. The number of nitrogens with zero attached hydrogens (tertiary/aromatic N) is 1. The molecule has 4 heteroatoms. The van der Waals surface area contributed by atoms with Crippen molar-refractivity contribution in [2.75, 3.05) is 11.9 Å². The lowest BCUT2D eigenvalue weighted by atomic mass is 10.2. The molecule has 2 amide bonds. The van der Waals surface area contributed by atoms with Crippen LogP contribution in [-0.2, 0) is 9.59 Å². The Bertz CT molecular complexity index is 425. The van der Waals surface area contributed by atoms with Gasteiger partial charge in [0.25, 0.3) is 0 Å². The third kappa shape index (κ3) is 2.88. The fourth-order valence-electron chi connectivity index (χ4n) is 2.24. The second-order valence-corrected chi connectivity index (χ2v) is 4.65. The summed E-state index contributed by atoms with van der Waals surface area (Å²) < 4.78 is 0. The third-order valence-electron chi connectivity index (χ3n) is 3.33. The summed E-state index contributed by atoms with van der Waals surface area (Å²) in [6, 6.07) is 9.34. The molecular formula is C14H18N2O2. The van der Waals surface area contributed by atoms with Crippen LogP contribution in [0.4, 0.5) is 5.69 Å². The molecule has 1 N–H and O–H groups in total. The van der Waals surface area contributed by atoms with Crippen molar-refractivity contribution in [1.82, 2.24) is 5.32 Å². The molecular weight excluding hydrogens is 228 g/mol. The monoisotopic (exact) mass is 246 g/mol. The van der Waals surface area contributed by atoms with Crippen LogP contribution in [0, 0.1) is 0 Å². The molecule has 0 unspecified atom stereocenters. The number of carbonyl (C=O) groups excluding carboxylic acids is 2. The van der Waals surface area contributed by atoms with E-state index in [0.717, 1.165) is 31.4 Å². The van der Waals surface area contributed by atoms with Crippen LogP contribution in [0.3, 0.4) is 0 Å². The average Bonchev–Trinajstić information content (AvgIpc) is 2.91. The lowest BCUT2D eigenvalue weighted by Gasteiger charge is -2.18. The minimum Gasteiger partial charge on any atom is -0.345 e. The Morgan fingerprint density at radius 2 is 1.78 bits per heavy atom. The van der Waals surface area contributed by atoms with Crippen LogP contribution >= 0.6 is 0 Å². The summed E-state index contributed by atoms with van der Waals surface area (Å²) in [6.07, 6.45) is 4.23. The standard InChI is InChI=1S/C14H18N2O2/c1-16(12-9-3-2-4-10-12)14(18)13(17)15-11-7-5-6-8-11/h2-4,9-11H,5-8H2,1H3,(H,15,17). The number of likely N-dealkylation sites (N-methyl/N-ethyl adjacent to an activating group) is 1. The van der Waals surface area contributed by atoms with Crippen LogP contribution in [-0.4, -0.2) is 24.9 Å². The minimum atomic E-state index is -0.506. The van der Waals surface area contributed by atoms with Crippen LogP contribution in [0.1, 0.15) is 25.7 Å². The van der Waals surface area contributed by atoms with Crippen molar-refractivity contribution in [3.05, 3.63) is 30.3 Å². The molecule has 2 rings (SSSR count). The Morgan fingerprint density at radius 1 is 1.17 bits per heavy atom. The number of rotatable bonds is 2. The highest BCUT2D eigenvalue weighted by Gasteiger charge is 2.24. The van der Waals surface area contributed by atoms with Crippen LogP contribution in [0.2, 0.25) is 0 Å². The summed E-state index contributed by atoms with van der Waals surface area (Å²) in [5.74, 6) is -1.01. The van der Waals surface area contributed by atoms with Gasteiger partial charge in [-0.3, -0.25) is 9.59 Å². The van der Waals surface area contributed by atoms with Crippen LogP contribution in [0.15, 0.2) is 30.3 Å². The van der Waals surface area contributed by atoms with E-state index < -0.39 is 11.8 Å². The van der Waals surface area contributed by atoms with E-state index in [1.54, 1.807) is 19.2 Å². The van der Waals surface area contributed by atoms with E-state index >= 15 is 0 Å². The Kier molecular flexibility index (Phi) is 3.97. The Morgan fingerprint density at radius 3 is 2.39 bits per heavy atom. The first-order valence-corrected chi connectivity index (χ1v) is 6.32. The van der Waals surface area contributed by atoms with Crippen molar-refractivity contribution in [3.63, 3.8) is 0 Å². The highest BCUT2D eigenvalue weighted by molar-refractivity contribution is 6.40. The van der Waals surface area contributed by atoms with Crippen molar-refractivity contribution in [3.8, 4) is 0 Å². The van der Waals surface area contributed by atoms with Gasteiger partial charge in [-0.05, 0) is 25.0 Å². The second kappa shape index (κ2) is 5.67. The highest BCUT2D eigenvalue weighted by atomic mass is 16.2. The van der Waals surface area contributed by atoms with Crippen molar-refractivity contribution in [1.29, 1.82) is 0 Å². The van der Waals surface area contributed by atoms with E-state index in [9.17, 15) is 9.59 Å². The van der Waals surface area contributed by atoms with E-state index in [0.29, 0.717) is 0 Å². The zero-order valence-electron chi connectivity index (χ0n) is 10.6. The molecule has 0 heterocycles. The lowest BCUT2D eigenvalue weighted by molar-refractivity contribution is -0.137. The van der Waals surface area contributed by atoms with Gasteiger partial charge in [0.15, 0.2) is 0 Å². The Balaban J connectivity index is 1.95. The molecule has 0 aromatic heterocycles. The first kappa shape index (κ1) is 12.6. The van der Waals surface area contributed by atoms with Crippen LogP contribution in [0.5, 0.6) is 0 Å². The normalized spacial score (nSPS) is 15.4. The molecule has 0 saturated heterocycles. The molecule has 4 nitrogen and oxygen atoms in total. The topological polar surface area (TPSA) is 49.4 Å². The number of nitrogens with one attached hydrogen (secondary N) is 1. The van der Waals surface area contributed by atoms with Gasteiger partial charge >= 0.3 is 11.8 Å². The predicted octanol–water partition coefficient (Wildman–Crippen LogP) is 1.71. The number of para-hydroxylation sites is 1. The second-order valence-electron chi connectivity index (χ2n) is 4.65. The minimum absolute atomic E-state index is 0.172. The molecule has 18 heavy (non-hydrogen) atoms. The van der Waals surface area contributed by atoms with Gasteiger partial charge in [0, 0.05) is 18.8 Å². The van der Waals surface area contributed by atoms with Crippen LogP contribution in [0.25, 0.3) is 0 Å². The molecule has 0 spiro atoms. The number of amides is 2. The molecule has 96 valence electrons. The van der Waals surface area contributed by atoms with Gasteiger partial charge in [0.2, 0.25) is 0 Å². The molecule has 1 saturated carbocycles. The van der Waals surface area contributed by atoms with E-state index in [2.05, 4.69) is 5.32 Å². The van der Waals surface area contributed by atoms with Gasteiger partial charge in [-0.15, -0.1) is 0 Å². The zero-order valence-corrected chi connectivity index (χ0v) is 10.6. The van der Waals surface area contributed by atoms with Gasteiger partial charge in [-0.1, -0.05) is 31.0 Å².